The van der Waals surface area contributed by atoms with Crippen molar-refractivity contribution in [2.45, 2.75) is 12.5 Å². The predicted octanol–water partition coefficient (Wildman–Crippen LogP) is 4.53. The molecule has 0 saturated heterocycles. The third-order valence-electron chi connectivity index (χ3n) is 3.01. The Hall–Kier alpha value is -1.10. The molecule has 2 aromatic carbocycles. The number of ether oxygens (including phenoxy) is 1. The van der Waals surface area contributed by atoms with E-state index in [1.165, 1.54) is 6.07 Å². The number of aliphatic hydroxyl groups is 1. The summed E-state index contributed by atoms with van der Waals surface area (Å²) in [6.45, 7) is 0. The molecule has 2 aromatic rings. The van der Waals surface area contributed by atoms with E-state index in [0.29, 0.717) is 16.9 Å². The van der Waals surface area contributed by atoms with Gasteiger partial charge in [0, 0.05) is 10.9 Å². The highest BCUT2D eigenvalue weighted by molar-refractivity contribution is 9.10. The Bertz CT molecular complexity index is 619. The van der Waals surface area contributed by atoms with Crippen LogP contribution in [0.15, 0.2) is 40.9 Å². The molecule has 2 nitrogen and oxygen atoms in total. The Morgan fingerprint density at radius 1 is 1.35 bits per heavy atom. The van der Waals surface area contributed by atoms with Crippen LogP contribution in [0.1, 0.15) is 17.2 Å². The molecule has 5 heteroatoms. The minimum atomic E-state index is -0.854. The average Bonchev–Trinajstić information content (AvgIpc) is 2.44. The van der Waals surface area contributed by atoms with Gasteiger partial charge < -0.3 is 9.84 Å². The van der Waals surface area contributed by atoms with E-state index in [1.807, 2.05) is 0 Å². The lowest BCUT2D eigenvalue weighted by Crippen LogP contribution is -2.05. The van der Waals surface area contributed by atoms with Gasteiger partial charge in [0.25, 0.3) is 0 Å². The van der Waals surface area contributed by atoms with E-state index in [0.717, 1.165) is 4.47 Å². The van der Waals surface area contributed by atoms with E-state index >= 15 is 0 Å². The number of hydrogen-bond acceptors (Lipinski definition) is 2. The molecular formula is C15H13BrClFO2. The third-order valence-corrected chi connectivity index (χ3v) is 4.02. The summed E-state index contributed by atoms with van der Waals surface area (Å²) in [5, 5.41) is 10.3. The maximum atomic E-state index is 13.8. The van der Waals surface area contributed by atoms with Crippen molar-refractivity contribution in [2.24, 2.45) is 0 Å². The second-order valence-corrected chi connectivity index (χ2v) is 5.58. The highest BCUT2D eigenvalue weighted by Crippen LogP contribution is 2.31. The topological polar surface area (TPSA) is 29.5 Å². The quantitative estimate of drug-likeness (QED) is 0.869. The molecule has 0 amide bonds. The van der Waals surface area contributed by atoms with Gasteiger partial charge in [0.15, 0.2) is 0 Å². The van der Waals surface area contributed by atoms with Gasteiger partial charge in [0.2, 0.25) is 0 Å². The molecule has 0 aliphatic heterocycles. The zero-order chi connectivity index (χ0) is 14.7. The van der Waals surface area contributed by atoms with Crippen LogP contribution >= 0.6 is 27.5 Å². The van der Waals surface area contributed by atoms with Crippen LogP contribution in [0.2, 0.25) is 5.02 Å². The van der Waals surface area contributed by atoms with Gasteiger partial charge in [-0.3, -0.25) is 0 Å². The van der Waals surface area contributed by atoms with Gasteiger partial charge in [-0.05, 0) is 35.4 Å². The van der Waals surface area contributed by atoms with Gasteiger partial charge in [-0.25, -0.2) is 4.39 Å². The standard InChI is InChI=1S/C15H13BrClFO2/c1-20-10-5-6-12(16)11(8-10)14(19)7-9-3-2-4-13(17)15(9)18/h2-6,8,14,19H,7H2,1H3. The number of hydrogen-bond donors (Lipinski definition) is 1. The SMILES string of the molecule is COc1ccc(Br)c(C(O)Cc2cccc(Cl)c2F)c1. The Labute approximate surface area is 130 Å². The molecule has 2 rings (SSSR count). The summed E-state index contributed by atoms with van der Waals surface area (Å²) in [5.74, 6) is 0.140. The first-order valence-electron chi connectivity index (χ1n) is 5.97. The maximum absolute atomic E-state index is 13.8. The molecule has 0 saturated carbocycles. The molecule has 0 aliphatic carbocycles. The third kappa shape index (κ3) is 3.32. The molecule has 0 spiro atoms. The van der Waals surface area contributed by atoms with Crippen LogP contribution in [0.3, 0.4) is 0 Å². The predicted molar refractivity (Wildman–Crippen MR) is 80.8 cm³/mol. The number of methoxy groups -OCH3 is 1. The second-order valence-electron chi connectivity index (χ2n) is 4.32. The van der Waals surface area contributed by atoms with Gasteiger partial charge in [0.05, 0.1) is 18.2 Å². The summed E-state index contributed by atoms with van der Waals surface area (Å²) in [5.41, 5.74) is 1.02. The number of halogens is 3. The van der Waals surface area contributed by atoms with Crippen molar-refractivity contribution < 1.29 is 14.2 Å². The van der Waals surface area contributed by atoms with Crippen LogP contribution in [-0.2, 0) is 6.42 Å². The summed E-state index contributed by atoms with van der Waals surface area (Å²) in [6, 6.07) is 10.0. The summed E-state index contributed by atoms with van der Waals surface area (Å²) < 4.78 is 19.7. The number of rotatable bonds is 4. The molecular weight excluding hydrogens is 347 g/mol. The van der Waals surface area contributed by atoms with Crippen molar-refractivity contribution in [3.8, 4) is 5.75 Å². The summed E-state index contributed by atoms with van der Waals surface area (Å²) in [6.07, 6.45) is -0.717. The molecule has 0 aromatic heterocycles. The molecule has 0 aliphatic rings. The lowest BCUT2D eigenvalue weighted by Gasteiger charge is -2.15. The highest BCUT2D eigenvalue weighted by atomic mass is 79.9. The van der Waals surface area contributed by atoms with Crippen LogP contribution in [0, 0.1) is 5.82 Å². The Kier molecular flexibility index (Phi) is 5.02. The second kappa shape index (κ2) is 6.57. The van der Waals surface area contributed by atoms with Crippen LogP contribution < -0.4 is 4.74 Å². The summed E-state index contributed by atoms with van der Waals surface area (Å²) in [4.78, 5) is 0. The lowest BCUT2D eigenvalue weighted by molar-refractivity contribution is 0.176. The Morgan fingerprint density at radius 3 is 2.80 bits per heavy atom. The van der Waals surface area contributed by atoms with Crippen LogP contribution in [0.25, 0.3) is 0 Å². The van der Waals surface area contributed by atoms with E-state index in [2.05, 4.69) is 15.9 Å². The van der Waals surface area contributed by atoms with Crippen LogP contribution in [-0.4, -0.2) is 12.2 Å². The van der Waals surface area contributed by atoms with Crippen LogP contribution in [0.4, 0.5) is 4.39 Å². The largest absolute Gasteiger partial charge is 0.497 e. The fourth-order valence-corrected chi connectivity index (χ4v) is 2.63. The minimum absolute atomic E-state index is 0.0550. The molecule has 20 heavy (non-hydrogen) atoms. The Balaban J connectivity index is 2.28. The number of benzene rings is 2. The Morgan fingerprint density at radius 2 is 2.10 bits per heavy atom. The van der Waals surface area contributed by atoms with Gasteiger partial charge in [-0.2, -0.15) is 0 Å². The molecule has 1 atom stereocenters. The first kappa shape index (κ1) is 15.3. The van der Waals surface area contributed by atoms with Gasteiger partial charge in [-0.1, -0.05) is 39.7 Å². The van der Waals surface area contributed by atoms with Crippen molar-refractivity contribution in [1.82, 2.24) is 0 Å². The monoisotopic (exact) mass is 358 g/mol. The van der Waals surface area contributed by atoms with Crippen LogP contribution in [0.5, 0.6) is 5.75 Å². The highest BCUT2D eigenvalue weighted by Gasteiger charge is 2.16. The molecule has 106 valence electrons. The van der Waals surface area contributed by atoms with Gasteiger partial charge >= 0.3 is 0 Å². The molecule has 0 radical (unpaired) electrons. The average molecular weight is 360 g/mol. The smallest absolute Gasteiger partial charge is 0.145 e. The van der Waals surface area contributed by atoms with E-state index in [4.69, 9.17) is 16.3 Å². The van der Waals surface area contributed by atoms with E-state index < -0.39 is 11.9 Å². The van der Waals surface area contributed by atoms with Gasteiger partial charge in [0.1, 0.15) is 11.6 Å². The fraction of sp³-hybridized carbons (Fsp3) is 0.200. The molecule has 1 unspecified atom stereocenters. The molecule has 0 fully saturated rings. The zero-order valence-electron chi connectivity index (χ0n) is 10.7. The first-order chi connectivity index (χ1) is 9.52. The molecule has 1 N–H and O–H groups in total. The van der Waals surface area contributed by atoms with E-state index in [-0.39, 0.29) is 11.4 Å². The zero-order valence-corrected chi connectivity index (χ0v) is 13.1. The van der Waals surface area contributed by atoms with E-state index in [9.17, 15) is 9.50 Å². The van der Waals surface area contributed by atoms with Crippen molar-refractivity contribution in [3.05, 3.63) is 62.8 Å². The summed E-state index contributed by atoms with van der Waals surface area (Å²) >= 11 is 9.11. The molecule has 0 bridgehead atoms. The fourth-order valence-electron chi connectivity index (χ4n) is 1.93. The maximum Gasteiger partial charge on any atom is 0.145 e. The molecule has 0 heterocycles. The number of aliphatic hydroxyl groups excluding tert-OH is 1. The van der Waals surface area contributed by atoms with Crippen molar-refractivity contribution >= 4 is 27.5 Å². The van der Waals surface area contributed by atoms with Crippen molar-refractivity contribution in [2.75, 3.05) is 7.11 Å². The van der Waals surface area contributed by atoms with E-state index in [1.54, 1.807) is 37.4 Å². The first-order valence-corrected chi connectivity index (χ1v) is 7.14. The van der Waals surface area contributed by atoms with Gasteiger partial charge in [-0.15, -0.1) is 0 Å². The summed E-state index contributed by atoms with van der Waals surface area (Å²) in [7, 11) is 1.55. The van der Waals surface area contributed by atoms with Crippen molar-refractivity contribution in [1.29, 1.82) is 0 Å². The minimum Gasteiger partial charge on any atom is -0.497 e. The van der Waals surface area contributed by atoms with Crippen molar-refractivity contribution in [3.63, 3.8) is 0 Å². The lowest BCUT2D eigenvalue weighted by atomic mass is 10.0. The normalized spacial score (nSPS) is 12.2.